The molecule has 0 aromatic heterocycles. The lowest BCUT2D eigenvalue weighted by Gasteiger charge is -2.36. The fourth-order valence-corrected chi connectivity index (χ4v) is 7.37. The molecule has 2 rings (SSSR count). The van der Waals surface area contributed by atoms with Crippen molar-refractivity contribution >= 4 is 26.8 Å². The minimum absolute atomic E-state index is 0.297. The molecule has 0 radical (unpaired) electrons. The van der Waals surface area contributed by atoms with E-state index in [0.29, 0.717) is 5.04 Å². The minimum Gasteiger partial charge on any atom is -0.417 e. The van der Waals surface area contributed by atoms with E-state index in [4.69, 9.17) is 4.43 Å². The van der Waals surface area contributed by atoms with Crippen molar-refractivity contribution in [2.75, 3.05) is 6.61 Å². The monoisotopic (exact) mass is 410 g/mol. The van der Waals surface area contributed by atoms with E-state index in [-0.39, 0.29) is 0 Å². The molecule has 3 heteroatoms. The molecule has 0 saturated carbocycles. The van der Waals surface area contributed by atoms with Crippen molar-refractivity contribution in [1.29, 1.82) is 0 Å². The Morgan fingerprint density at radius 3 is 1.75 bits per heavy atom. The van der Waals surface area contributed by atoms with Gasteiger partial charge in [0.1, 0.15) is 8.07 Å². The second kappa shape index (κ2) is 9.86. The van der Waals surface area contributed by atoms with Gasteiger partial charge in [-0.15, -0.1) is 0 Å². The minimum atomic E-state index is -1.83. The fourth-order valence-electron chi connectivity index (χ4n) is 3.15. The summed E-state index contributed by atoms with van der Waals surface area (Å²) < 4.78 is 6.30. The molecule has 0 heterocycles. The molecule has 0 amide bonds. The van der Waals surface area contributed by atoms with Crippen LogP contribution < -0.4 is 10.4 Å². The standard InChI is InChI=1S/C25H38OSi2/c1-25(2,3)27(4,5)26-21-15-7-8-16-22-28(6,23-17-11-9-12-18-23)24-19-13-10-14-20-24/h9-14,16-20,22H,7-8,15,21H2,1-6H3/b22-16+. The Hall–Kier alpha value is -1.43. The van der Waals surface area contributed by atoms with E-state index in [2.05, 4.69) is 113 Å². The first kappa shape index (κ1) is 22.9. The van der Waals surface area contributed by atoms with Gasteiger partial charge in [-0.3, -0.25) is 0 Å². The van der Waals surface area contributed by atoms with Crippen molar-refractivity contribution in [1.82, 2.24) is 0 Å². The maximum absolute atomic E-state index is 6.30. The van der Waals surface area contributed by atoms with Crippen LogP contribution in [-0.2, 0) is 4.43 Å². The zero-order valence-corrected chi connectivity index (χ0v) is 20.7. The van der Waals surface area contributed by atoms with Crippen LogP contribution in [0.25, 0.3) is 0 Å². The zero-order chi connectivity index (χ0) is 20.7. The average Bonchev–Trinajstić information content (AvgIpc) is 2.67. The van der Waals surface area contributed by atoms with Gasteiger partial charge in [0.25, 0.3) is 0 Å². The summed E-state index contributed by atoms with van der Waals surface area (Å²) in [6, 6.07) is 22.0. The van der Waals surface area contributed by atoms with E-state index in [0.717, 1.165) is 19.4 Å². The smallest absolute Gasteiger partial charge is 0.191 e. The highest BCUT2D eigenvalue weighted by Crippen LogP contribution is 2.36. The largest absolute Gasteiger partial charge is 0.417 e. The Morgan fingerprint density at radius 1 is 0.786 bits per heavy atom. The van der Waals surface area contributed by atoms with Gasteiger partial charge in [-0.25, -0.2) is 0 Å². The molecule has 0 N–H and O–H groups in total. The molecule has 0 spiro atoms. The van der Waals surface area contributed by atoms with Gasteiger partial charge >= 0.3 is 0 Å². The number of unbranched alkanes of at least 4 members (excludes halogenated alkanes) is 2. The van der Waals surface area contributed by atoms with Crippen molar-refractivity contribution < 1.29 is 4.43 Å². The summed E-state index contributed by atoms with van der Waals surface area (Å²) in [5.41, 5.74) is 2.52. The van der Waals surface area contributed by atoms with E-state index >= 15 is 0 Å². The SMILES string of the molecule is CC(C)(C)[Si](C)(C)OCCCC/C=C/[Si](C)(c1ccccc1)c1ccccc1. The summed E-state index contributed by atoms with van der Waals surface area (Å²) in [6.45, 7) is 14.9. The lowest BCUT2D eigenvalue weighted by atomic mass is 10.2. The van der Waals surface area contributed by atoms with E-state index in [1.165, 1.54) is 16.8 Å². The summed E-state index contributed by atoms with van der Waals surface area (Å²) in [4.78, 5) is 0. The molecule has 0 aliphatic heterocycles. The van der Waals surface area contributed by atoms with Gasteiger partial charge in [0.15, 0.2) is 8.32 Å². The summed E-state index contributed by atoms with van der Waals surface area (Å²) in [5.74, 6) is 0. The normalized spacial score (nSPS) is 13.2. The van der Waals surface area contributed by atoms with Crippen LogP contribution in [0.5, 0.6) is 0 Å². The molecule has 0 aliphatic rings. The molecule has 0 fully saturated rings. The molecule has 0 bridgehead atoms. The molecule has 2 aromatic rings. The second-order valence-electron chi connectivity index (χ2n) is 9.44. The highest BCUT2D eigenvalue weighted by atomic mass is 28.4. The van der Waals surface area contributed by atoms with Crippen LogP contribution in [0.15, 0.2) is 72.4 Å². The van der Waals surface area contributed by atoms with Crippen molar-refractivity contribution in [3.05, 3.63) is 72.4 Å². The second-order valence-corrected chi connectivity index (χ2v) is 18.1. The highest BCUT2D eigenvalue weighted by molar-refractivity contribution is 7.05. The van der Waals surface area contributed by atoms with Gasteiger partial charge in [-0.2, -0.15) is 0 Å². The van der Waals surface area contributed by atoms with Crippen LogP contribution in [0.1, 0.15) is 40.0 Å². The van der Waals surface area contributed by atoms with Crippen LogP contribution in [0.2, 0.25) is 24.7 Å². The van der Waals surface area contributed by atoms with Crippen molar-refractivity contribution in [2.24, 2.45) is 0 Å². The zero-order valence-electron chi connectivity index (χ0n) is 18.7. The van der Waals surface area contributed by atoms with Gasteiger partial charge in [-0.1, -0.05) is 110 Å². The van der Waals surface area contributed by atoms with Crippen LogP contribution in [0.4, 0.5) is 0 Å². The Labute approximate surface area is 175 Å². The van der Waals surface area contributed by atoms with Gasteiger partial charge in [0.05, 0.1) is 0 Å². The molecular weight excluding hydrogens is 372 g/mol. The van der Waals surface area contributed by atoms with Gasteiger partial charge in [0, 0.05) is 6.61 Å². The Bertz CT molecular complexity index is 691. The van der Waals surface area contributed by atoms with Crippen molar-refractivity contribution in [3.63, 3.8) is 0 Å². The predicted molar refractivity (Wildman–Crippen MR) is 130 cm³/mol. The summed E-state index contributed by atoms with van der Waals surface area (Å²) in [6.07, 6.45) is 5.88. The maximum Gasteiger partial charge on any atom is 0.191 e. The lowest BCUT2D eigenvalue weighted by Crippen LogP contribution is -2.54. The fraction of sp³-hybridized carbons (Fsp3) is 0.440. The molecule has 0 saturated heterocycles. The molecule has 28 heavy (non-hydrogen) atoms. The summed E-state index contributed by atoms with van der Waals surface area (Å²) in [5, 5.41) is 3.24. The van der Waals surface area contributed by atoms with Gasteiger partial charge in [0.2, 0.25) is 0 Å². The quantitative estimate of drug-likeness (QED) is 0.355. The van der Waals surface area contributed by atoms with Crippen LogP contribution in [-0.4, -0.2) is 23.0 Å². The third-order valence-electron chi connectivity index (χ3n) is 6.23. The summed E-state index contributed by atoms with van der Waals surface area (Å²) in [7, 11) is -3.43. The van der Waals surface area contributed by atoms with E-state index in [1.807, 2.05) is 0 Å². The third-order valence-corrected chi connectivity index (χ3v) is 14.7. The van der Waals surface area contributed by atoms with E-state index in [9.17, 15) is 0 Å². The van der Waals surface area contributed by atoms with E-state index in [1.54, 1.807) is 0 Å². The number of allylic oxidation sites excluding steroid dienone is 1. The molecule has 2 aromatic carbocycles. The lowest BCUT2D eigenvalue weighted by molar-refractivity contribution is 0.279. The number of benzene rings is 2. The molecule has 152 valence electrons. The predicted octanol–water partition coefficient (Wildman–Crippen LogP) is 6.17. The Kier molecular flexibility index (Phi) is 8.05. The van der Waals surface area contributed by atoms with Gasteiger partial charge in [-0.05, 0) is 37.4 Å². The molecular formula is C25H38OSi2. The molecule has 1 nitrogen and oxygen atoms in total. The number of hydrogen-bond donors (Lipinski definition) is 0. The number of rotatable bonds is 9. The molecule has 0 atom stereocenters. The van der Waals surface area contributed by atoms with Crippen LogP contribution in [0.3, 0.4) is 0 Å². The third kappa shape index (κ3) is 6.03. The topological polar surface area (TPSA) is 9.23 Å². The highest BCUT2D eigenvalue weighted by Gasteiger charge is 2.36. The number of hydrogen-bond acceptors (Lipinski definition) is 1. The van der Waals surface area contributed by atoms with E-state index < -0.39 is 16.4 Å². The molecule has 0 aliphatic carbocycles. The first-order valence-corrected chi connectivity index (χ1v) is 16.1. The molecule has 0 unspecified atom stereocenters. The van der Waals surface area contributed by atoms with Gasteiger partial charge < -0.3 is 4.43 Å². The first-order chi connectivity index (χ1) is 13.2. The van der Waals surface area contributed by atoms with Crippen LogP contribution in [0, 0.1) is 0 Å². The van der Waals surface area contributed by atoms with Crippen molar-refractivity contribution in [3.8, 4) is 0 Å². The first-order valence-electron chi connectivity index (χ1n) is 10.6. The average molecular weight is 411 g/mol. The Morgan fingerprint density at radius 2 is 1.29 bits per heavy atom. The maximum atomic E-state index is 6.30. The summed E-state index contributed by atoms with van der Waals surface area (Å²) >= 11 is 0. The Balaban J connectivity index is 1.94. The van der Waals surface area contributed by atoms with Crippen molar-refractivity contribution in [2.45, 2.75) is 64.7 Å². The van der Waals surface area contributed by atoms with Crippen LogP contribution >= 0.6 is 0 Å².